The molecule has 2 unspecified atom stereocenters. The molecule has 30 heavy (non-hydrogen) atoms. The van der Waals surface area contributed by atoms with Gasteiger partial charge in [0.1, 0.15) is 11.8 Å². The first-order valence-electron chi connectivity index (χ1n) is 8.94. The molecule has 154 valence electrons. The summed E-state index contributed by atoms with van der Waals surface area (Å²) < 4.78 is 5.56. The maximum Gasteiger partial charge on any atom is 0.322 e. The van der Waals surface area contributed by atoms with E-state index in [1.54, 1.807) is 48.5 Å². The zero-order valence-electron chi connectivity index (χ0n) is 15.6. The molecule has 1 heterocycles. The Balaban J connectivity index is 1.68. The molecular weight excluding hydrogens is 392 g/mol. The van der Waals surface area contributed by atoms with E-state index in [2.05, 4.69) is 10.6 Å². The Morgan fingerprint density at radius 1 is 1.13 bits per heavy atom. The highest BCUT2D eigenvalue weighted by atomic mass is 16.6. The number of hydrogen-bond acceptors (Lipinski definition) is 6. The minimum Gasteiger partial charge on any atom is -0.483 e. The Morgan fingerprint density at radius 3 is 2.57 bits per heavy atom. The third kappa shape index (κ3) is 5.19. The van der Waals surface area contributed by atoms with Gasteiger partial charge in [-0.2, -0.15) is 0 Å². The van der Waals surface area contributed by atoms with Gasteiger partial charge < -0.3 is 15.4 Å². The summed E-state index contributed by atoms with van der Waals surface area (Å²) in [6.45, 7) is -0.250. The summed E-state index contributed by atoms with van der Waals surface area (Å²) in [5.74, 6) is -0.980. The fourth-order valence-electron chi connectivity index (χ4n) is 2.81. The van der Waals surface area contributed by atoms with Crippen LogP contribution in [0.3, 0.4) is 0 Å². The molecule has 4 amide bonds. The first kappa shape index (κ1) is 20.5. The first-order chi connectivity index (χ1) is 14.4. The second kappa shape index (κ2) is 9.32. The molecule has 2 atom stereocenters. The number of anilines is 1. The van der Waals surface area contributed by atoms with Gasteiger partial charge in [0.2, 0.25) is 0 Å². The van der Waals surface area contributed by atoms with Crippen molar-refractivity contribution in [2.24, 2.45) is 0 Å². The van der Waals surface area contributed by atoms with E-state index in [0.717, 1.165) is 0 Å². The van der Waals surface area contributed by atoms with Crippen molar-refractivity contribution in [1.29, 1.82) is 0 Å². The smallest absolute Gasteiger partial charge is 0.322 e. The molecule has 1 aliphatic heterocycles. The van der Waals surface area contributed by atoms with Crippen LogP contribution >= 0.6 is 0 Å². The Labute approximate surface area is 171 Å². The number of amides is 4. The van der Waals surface area contributed by atoms with Gasteiger partial charge in [-0.25, -0.2) is 4.79 Å². The van der Waals surface area contributed by atoms with Crippen LogP contribution in [0.4, 0.5) is 10.5 Å². The molecule has 2 aromatic carbocycles. The van der Waals surface area contributed by atoms with E-state index in [0.29, 0.717) is 17.0 Å². The minimum absolute atomic E-state index is 0.250. The highest BCUT2D eigenvalue weighted by Gasteiger charge is 2.43. The van der Waals surface area contributed by atoms with Crippen molar-refractivity contribution in [3.05, 3.63) is 76.4 Å². The van der Waals surface area contributed by atoms with Gasteiger partial charge in [0.25, 0.3) is 5.91 Å². The van der Waals surface area contributed by atoms with Gasteiger partial charge >= 0.3 is 18.0 Å². The Kier molecular flexibility index (Phi) is 6.38. The normalized spacial score (nSPS) is 18.4. The lowest BCUT2D eigenvalue weighted by atomic mass is 10.0. The Morgan fingerprint density at radius 2 is 1.83 bits per heavy atom. The number of para-hydroxylation sites is 2. The summed E-state index contributed by atoms with van der Waals surface area (Å²) in [6.07, 6.45) is 2.83. The lowest BCUT2D eigenvalue weighted by molar-refractivity contribution is -0.510. The van der Waals surface area contributed by atoms with Crippen molar-refractivity contribution >= 4 is 29.6 Å². The quantitative estimate of drug-likeness (QED) is 0.468. The van der Waals surface area contributed by atoms with E-state index < -0.39 is 28.9 Å². The molecule has 2 aromatic rings. The molecule has 0 saturated carbocycles. The van der Waals surface area contributed by atoms with Crippen molar-refractivity contribution < 1.29 is 24.0 Å². The third-order valence-electron chi connectivity index (χ3n) is 4.19. The lowest BCUT2D eigenvalue weighted by Crippen LogP contribution is -2.62. The number of carbonyl (C=O) groups excluding carboxylic acids is 3. The highest BCUT2D eigenvalue weighted by molar-refractivity contribution is 6.00. The zero-order chi connectivity index (χ0) is 21.5. The third-order valence-corrected chi connectivity index (χ3v) is 4.19. The molecule has 0 aliphatic carbocycles. The second-order valence-corrected chi connectivity index (χ2v) is 6.32. The van der Waals surface area contributed by atoms with E-state index >= 15 is 0 Å². The zero-order valence-corrected chi connectivity index (χ0v) is 15.6. The molecular formula is C20H18N4O6. The number of nitrogens with zero attached hydrogens (tertiary/aromatic N) is 1. The number of imide groups is 1. The van der Waals surface area contributed by atoms with Crippen LogP contribution in [-0.2, 0) is 9.59 Å². The molecule has 0 bridgehead atoms. The number of rotatable bonds is 7. The fraction of sp³-hybridized carbons (Fsp3) is 0.150. The molecule has 3 N–H and O–H groups in total. The van der Waals surface area contributed by atoms with Crippen molar-refractivity contribution in [1.82, 2.24) is 10.6 Å². The summed E-state index contributed by atoms with van der Waals surface area (Å²) in [5, 5.41) is 18.1. The minimum atomic E-state index is -1.65. The second-order valence-electron chi connectivity index (χ2n) is 6.32. The molecule has 10 heteroatoms. The van der Waals surface area contributed by atoms with E-state index in [-0.39, 0.29) is 12.5 Å². The van der Waals surface area contributed by atoms with E-state index in [9.17, 15) is 24.5 Å². The molecule has 3 rings (SSSR count). The summed E-state index contributed by atoms with van der Waals surface area (Å²) in [6, 6.07) is 12.0. The largest absolute Gasteiger partial charge is 0.483 e. The Bertz CT molecular complexity index is 992. The van der Waals surface area contributed by atoms with Crippen molar-refractivity contribution in [2.75, 3.05) is 11.9 Å². The lowest BCUT2D eigenvalue weighted by Gasteiger charge is -2.23. The molecule has 0 spiro atoms. The van der Waals surface area contributed by atoms with Gasteiger partial charge in [-0.15, -0.1) is 0 Å². The van der Waals surface area contributed by atoms with Crippen molar-refractivity contribution in [3.8, 4) is 5.75 Å². The molecule has 1 saturated heterocycles. The van der Waals surface area contributed by atoms with E-state index in [1.165, 1.54) is 12.2 Å². The topological polar surface area (TPSA) is 140 Å². The van der Waals surface area contributed by atoms with Gasteiger partial charge in [-0.05, 0) is 18.2 Å². The van der Waals surface area contributed by atoms with Crippen LogP contribution in [0.2, 0.25) is 0 Å². The number of hydrogen-bond donors (Lipinski definition) is 3. The van der Waals surface area contributed by atoms with Crippen molar-refractivity contribution in [2.45, 2.75) is 12.1 Å². The number of nitrogens with one attached hydrogen (secondary N) is 3. The summed E-state index contributed by atoms with van der Waals surface area (Å²) in [7, 11) is 0. The SMILES string of the molecule is O=C(COc1ccccc1/C=C\C1NC(=O)NC(=O)C1[N+](=O)[O-])Nc1ccccc1. The van der Waals surface area contributed by atoms with Crippen molar-refractivity contribution in [3.63, 3.8) is 0 Å². The average molecular weight is 410 g/mol. The first-order valence-corrected chi connectivity index (χ1v) is 8.94. The van der Waals surface area contributed by atoms with Crippen LogP contribution in [0.25, 0.3) is 6.08 Å². The van der Waals surface area contributed by atoms with Crippen LogP contribution in [0, 0.1) is 10.1 Å². The highest BCUT2D eigenvalue weighted by Crippen LogP contribution is 2.20. The number of nitro groups is 1. The maximum atomic E-state index is 12.1. The predicted molar refractivity (Wildman–Crippen MR) is 107 cm³/mol. The molecule has 0 aromatic heterocycles. The number of urea groups is 1. The summed E-state index contributed by atoms with van der Waals surface area (Å²) >= 11 is 0. The van der Waals surface area contributed by atoms with Crippen LogP contribution in [0.15, 0.2) is 60.7 Å². The molecule has 0 radical (unpaired) electrons. The number of carbonyl (C=O) groups is 3. The maximum absolute atomic E-state index is 12.1. The average Bonchev–Trinajstić information content (AvgIpc) is 2.71. The monoisotopic (exact) mass is 410 g/mol. The van der Waals surface area contributed by atoms with Crippen LogP contribution < -0.4 is 20.7 Å². The van der Waals surface area contributed by atoms with Crippen LogP contribution in [0.1, 0.15) is 5.56 Å². The van der Waals surface area contributed by atoms with Gasteiger partial charge in [0, 0.05) is 16.2 Å². The predicted octanol–water partition coefficient (Wildman–Crippen LogP) is 1.57. The van der Waals surface area contributed by atoms with E-state index in [4.69, 9.17) is 4.74 Å². The number of ether oxygens (including phenoxy) is 1. The van der Waals surface area contributed by atoms with Gasteiger partial charge in [0.05, 0.1) is 0 Å². The van der Waals surface area contributed by atoms with Gasteiger partial charge in [-0.3, -0.25) is 25.0 Å². The standard InChI is InChI=1S/C20H18N4O6/c25-17(21-14-7-2-1-3-8-14)12-30-16-9-5-4-6-13(16)10-11-15-18(24(28)29)19(26)23-20(27)22-15/h1-11,15,18H,12H2,(H,21,25)(H2,22,23,26,27)/b11-10-. The summed E-state index contributed by atoms with van der Waals surface area (Å²) in [5.41, 5.74) is 1.16. The molecule has 10 nitrogen and oxygen atoms in total. The van der Waals surface area contributed by atoms with Crippen LogP contribution in [0.5, 0.6) is 5.75 Å². The van der Waals surface area contributed by atoms with Gasteiger partial charge in [0.15, 0.2) is 6.61 Å². The molecule has 1 aliphatic rings. The summed E-state index contributed by atoms with van der Waals surface area (Å²) in [4.78, 5) is 45.7. The van der Waals surface area contributed by atoms with Gasteiger partial charge in [-0.1, -0.05) is 48.6 Å². The Hall–Kier alpha value is -4.21. The fourth-order valence-corrected chi connectivity index (χ4v) is 2.81. The van der Waals surface area contributed by atoms with Crippen LogP contribution in [-0.4, -0.2) is 41.5 Å². The molecule has 1 fully saturated rings. The van der Waals surface area contributed by atoms with E-state index in [1.807, 2.05) is 11.4 Å². The number of benzene rings is 2.